The van der Waals surface area contributed by atoms with Crippen molar-refractivity contribution in [2.24, 2.45) is 0 Å². The number of amides is 1. The van der Waals surface area contributed by atoms with Crippen molar-refractivity contribution in [1.29, 1.82) is 0 Å². The van der Waals surface area contributed by atoms with Gasteiger partial charge in [0.15, 0.2) is 0 Å². The minimum atomic E-state index is -3.90. The Balaban J connectivity index is 2.20. The van der Waals surface area contributed by atoms with Crippen molar-refractivity contribution in [2.75, 3.05) is 7.11 Å². The number of methoxy groups -OCH3 is 1. The van der Waals surface area contributed by atoms with Gasteiger partial charge >= 0.3 is 0 Å². The van der Waals surface area contributed by atoms with E-state index in [1.165, 1.54) is 31.4 Å². The highest BCUT2D eigenvalue weighted by molar-refractivity contribution is 7.90. The summed E-state index contributed by atoms with van der Waals surface area (Å²) in [6, 6.07) is 12.4. The molecule has 0 atom stereocenters. The van der Waals surface area contributed by atoms with Crippen LogP contribution in [-0.2, 0) is 10.0 Å². The maximum atomic E-state index is 12.1. The Hall–Kier alpha value is -2.34. The zero-order valence-electron chi connectivity index (χ0n) is 11.7. The van der Waals surface area contributed by atoms with Crippen molar-refractivity contribution in [1.82, 2.24) is 4.72 Å². The van der Waals surface area contributed by atoms with Gasteiger partial charge in [-0.1, -0.05) is 17.7 Å². The third-order valence-corrected chi connectivity index (χ3v) is 4.26. The topological polar surface area (TPSA) is 72.5 Å². The van der Waals surface area contributed by atoms with E-state index in [0.29, 0.717) is 5.75 Å². The van der Waals surface area contributed by atoms with Crippen molar-refractivity contribution in [3.63, 3.8) is 0 Å². The van der Waals surface area contributed by atoms with Crippen LogP contribution in [-0.4, -0.2) is 21.4 Å². The Labute approximate surface area is 123 Å². The predicted molar refractivity (Wildman–Crippen MR) is 78.8 cm³/mol. The number of ether oxygens (including phenoxy) is 1. The van der Waals surface area contributed by atoms with E-state index < -0.39 is 15.9 Å². The fourth-order valence-corrected chi connectivity index (χ4v) is 2.67. The lowest BCUT2D eigenvalue weighted by atomic mass is 10.1. The molecular weight excluding hydrogens is 290 g/mol. The van der Waals surface area contributed by atoms with Crippen LogP contribution in [0.5, 0.6) is 5.75 Å². The molecule has 0 aliphatic heterocycles. The molecule has 0 heterocycles. The summed E-state index contributed by atoms with van der Waals surface area (Å²) in [5.74, 6) is -0.121. The van der Waals surface area contributed by atoms with E-state index in [-0.39, 0.29) is 10.5 Å². The molecule has 0 bridgehead atoms. The first-order valence-electron chi connectivity index (χ1n) is 6.20. The number of sulfonamides is 1. The molecule has 2 aromatic rings. The molecule has 21 heavy (non-hydrogen) atoms. The first-order chi connectivity index (χ1) is 9.92. The molecule has 5 nitrogen and oxygen atoms in total. The van der Waals surface area contributed by atoms with Gasteiger partial charge in [0.05, 0.1) is 12.0 Å². The normalized spacial score (nSPS) is 11.0. The molecule has 2 rings (SSSR count). The van der Waals surface area contributed by atoms with Crippen molar-refractivity contribution >= 4 is 15.9 Å². The quantitative estimate of drug-likeness (QED) is 0.939. The van der Waals surface area contributed by atoms with E-state index >= 15 is 0 Å². The van der Waals surface area contributed by atoms with Gasteiger partial charge in [0.2, 0.25) is 0 Å². The van der Waals surface area contributed by atoms with Gasteiger partial charge in [-0.05, 0) is 43.3 Å². The molecule has 1 amide bonds. The van der Waals surface area contributed by atoms with Gasteiger partial charge < -0.3 is 4.74 Å². The number of hydrogen-bond donors (Lipinski definition) is 1. The lowest BCUT2D eigenvalue weighted by Gasteiger charge is -2.08. The first-order valence-corrected chi connectivity index (χ1v) is 7.68. The molecule has 1 N–H and O–H groups in total. The van der Waals surface area contributed by atoms with Crippen LogP contribution >= 0.6 is 0 Å². The largest absolute Gasteiger partial charge is 0.497 e. The summed E-state index contributed by atoms with van der Waals surface area (Å²) in [5, 5.41) is 0. The van der Waals surface area contributed by atoms with Gasteiger partial charge in [-0.2, -0.15) is 0 Å². The number of aryl methyl sites for hydroxylation is 1. The number of carbonyl (C=O) groups excluding carboxylic acids is 1. The molecule has 0 aliphatic rings. The third-order valence-electron chi connectivity index (χ3n) is 2.91. The highest BCUT2D eigenvalue weighted by atomic mass is 32.2. The summed E-state index contributed by atoms with van der Waals surface area (Å²) < 4.78 is 31.2. The van der Waals surface area contributed by atoms with Gasteiger partial charge in [0.1, 0.15) is 5.75 Å². The van der Waals surface area contributed by atoms with Gasteiger partial charge in [-0.25, -0.2) is 13.1 Å². The minimum absolute atomic E-state index is 0.00348. The molecule has 0 saturated carbocycles. The molecule has 0 unspecified atom stereocenters. The van der Waals surface area contributed by atoms with E-state index in [2.05, 4.69) is 0 Å². The van der Waals surface area contributed by atoms with Crippen molar-refractivity contribution in [3.05, 3.63) is 59.7 Å². The van der Waals surface area contributed by atoms with E-state index in [1.807, 2.05) is 11.6 Å². The number of benzene rings is 2. The Morgan fingerprint density at radius 1 is 1.00 bits per heavy atom. The minimum Gasteiger partial charge on any atom is -0.497 e. The zero-order valence-corrected chi connectivity index (χ0v) is 12.5. The van der Waals surface area contributed by atoms with E-state index in [9.17, 15) is 13.2 Å². The highest BCUT2D eigenvalue weighted by Crippen LogP contribution is 2.15. The summed E-state index contributed by atoms with van der Waals surface area (Å²) in [6.07, 6.45) is 0. The molecule has 0 radical (unpaired) electrons. The van der Waals surface area contributed by atoms with Crippen molar-refractivity contribution in [2.45, 2.75) is 11.8 Å². The van der Waals surface area contributed by atoms with Crippen LogP contribution in [0.1, 0.15) is 15.9 Å². The summed E-state index contributed by atoms with van der Waals surface area (Å²) >= 11 is 0. The lowest BCUT2D eigenvalue weighted by molar-refractivity contribution is 0.0981. The second-order valence-corrected chi connectivity index (χ2v) is 6.16. The zero-order chi connectivity index (χ0) is 15.5. The molecule has 0 fully saturated rings. The fraction of sp³-hybridized carbons (Fsp3) is 0.133. The van der Waals surface area contributed by atoms with E-state index in [1.54, 1.807) is 24.3 Å². The fourth-order valence-electron chi connectivity index (χ4n) is 1.70. The number of carbonyl (C=O) groups is 1. The lowest BCUT2D eigenvalue weighted by Crippen LogP contribution is -2.30. The Bertz CT molecular complexity index is 734. The number of rotatable bonds is 4. The maximum absolute atomic E-state index is 12.1. The summed E-state index contributed by atoms with van der Waals surface area (Å²) in [5.41, 5.74) is 1.28. The standard InChI is InChI=1S/C15H15NO4S/c1-11-3-5-12(6-4-11)15(17)16-21(18,19)14-9-7-13(20-2)8-10-14/h3-10H,1-2H3,(H,16,17). The van der Waals surface area contributed by atoms with E-state index in [0.717, 1.165) is 5.56 Å². The van der Waals surface area contributed by atoms with Crippen molar-refractivity contribution in [3.8, 4) is 5.75 Å². The molecule has 110 valence electrons. The van der Waals surface area contributed by atoms with Crippen LogP contribution in [0.15, 0.2) is 53.4 Å². The van der Waals surface area contributed by atoms with Crippen LogP contribution in [0, 0.1) is 6.92 Å². The maximum Gasteiger partial charge on any atom is 0.264 e. The average Bonchev–Trinajstić information content (AvgIpc) is 2.47. The van der Waals surface area contributed by atoms with Crippen LogP contribution in [0.25, 0.3) is 0 Å². The monoisotopic (exact) mass is 305 g/mol. The Morgan fingerprint density at radius 3 is 2.10 bits per heavy atom. The second-order valence-electron chi connectivity index (χ2n) is 4.48. The van der Waals surface area contributed by atoms with Gasteiger partial charge in [0, 0.05) is 5.56 Å². The first kappa shape index (κ1) is 15.1. The van der Waals surface area contributed by atoms with Gasteiger partial charge in [-0.15, -0.1) is 0 Å². The van der Waals surface area contributed by atoms with Crippen molar-refractivity contribution < 1.29 is 17.9 Å². The highest BCUT2D eigenvalue weighted by Gasteiger charge is 2.18. The molecule has 0 aromatic heterocycles. The SMILES string of the molecule is COc1ccc(S(=O)(=O)NC(=O)c2ccc(C)cc2)cc1. The van der Waals surface area contributed by atoms with Crippen LogP contribution in [0.3, 0.4) is 0 Å². The molecule has 0 spiro atoms. The van der Waals surface area contributed by atoms with Gasteiger partial charge in [0.25, 0.3) is 15.9 Å². The number of nitrogens with one attached hydrogen (secondary N) is 1. The van der Waals surface area contributed by atoms with Crippen LogP contribution < -0.4 is 9.46 Å². The molecule has 6 heteroatoms. The molecule has 2 aromatic carbocycles. The molecular formula is C15H15NO4S. The van der Waals surface area contributed by atoms with Crippen LogP contribution in [0.2, 0.25) is 0 Å². The predicted octanol–water partition coefficient (Wildman–Crippen LogP) is 2.12. The summed E-state index contributed by atoms with van der Waals surface area (Å²) in [7, 11) is -2.41. The second kappa shape index (κ2) is 5.97. The summed E-state index contributed by atoms with van der Waals surface area (Å²) in [6.45, 7) is 1.88. The average molecular weight is 305 g/mol. The Kier molecular flexibility index (Phi) is 4.28. The molecule has 0 saturated heterocycles. The summed E-state index contributed by atoms with van der Waals surface area (Å²) in [4.78, 5) is 12.0. The van der Waals surface area contributed by atoms with Crippen LogP contribution in [0.4, 0.5) is 0 Å². The molecule has 0 aliphatic carbocycles. The smallest absolute Gasteiger partial charge is 0.264 e. The Morgan fingerprint density at radius 2 is 1.57 bits per heavy atom. The number of hydrogen-bond acceptors (Lipinski definition) is 4. The van der Waals surface area contributed by atoms with Gasteiger partial charge in [-0.3, -0.25) is 4.79 Å². The third kappa shape index (κ3) is 3.61. The van der Waals surface area contributed by atoms with E-state index in [4.69, 9.17) is 4.74 Å².